The summed E-state index contributed by atoms with van der Waals surface area (Å²) >= 11 is 0. The molecule has 1 atom stereocenters. The summed E-state index contributed by atoms with van der Waals surface area (Å²) in [6, 6.07) is 14.4. The van der Waals surface area contributed by atoms with Crippen molar-refractivity contribution in [1.29, 1.82) is 0 Å². The number of hydrogen-bond donors (Lipinski definition) is 2. The SMILES string of the molecule is CC(C)[C@@H](NC(=O)Nc1ccccc1)C(=O)N1CCN(c2ccc([N+](=O)[O-])cc2)CC1. The molecule has 0 radical (unpaired) electrons. The van der Waals surface area contributed by atoms with E-state index in [1.807, 2.05) is 32.0 Å². The number of piperazine rings is 1. The molecule has 0 saturated carbocycles. The molecule has 0 aliphatic carbocycles. The molecule has 1 fully saturated rings. The quantitative estimate of drug-likeness (QED) is 0.546. The van der Waals surface area contributed by atoms with Crippen molar-refractivity contribution in [1.82, 2.24) is 10.2 Å². The zero-order valence-corrected chi connectivity index (χ0v) is 17.7. The van der Waals surface area contributed by atoms with Crippen LogP contribution in [0.4, 0.5) is 21.9 Å². The highest BCUT2D eigenvalue weighted by atomic mass is 16.6. The Kier molecular flexibility index (Phi) is 7.07. The summed E-state index contributed by atoms with van der Waals surface area (Å²) in [5, 5.41) is 16.4. The average Bonchev–Trinajstić information content (AvgIpc) is 2.77. The molecular weight excluding hydrogens is 398 g/mol. The van der Waals surface area contributed by atoms with E-state index >= 15 is 0 Å². The van der Waals surface area contributed by atoms with E-state index in [-0.39, 0.29) is 17.5 Å². The lowest BCUT2D eigenvalue weighted by molar-refractivity contribution is -0.384. The average molecular weight is 425 g/mol. The van der Waals surface area contributed by atoms with Gasteiger partial charge >= 0.3 is 6.03 Å². The third-order valence-electron chi connectivity index (χ3n) is 5.27. The standard InChI is InChI=1S/C22H27N5O4/c1-16(2)20(24-22(29)23-17-6-4-3-5-7-17)21(28)26-14-12-25(13-15-26)18-8-10-19(11-9-18)27(30)31/h3-11,16,20H,12-15H2,1-2H3,(H2,23,24,29)/t20-/m1/s1. The third kappa shape index (κ3) is 5.71. The minimum Gasteiger partial charge on any atom is -0.368 e. The van der Waals surface area contributed by atoms with Gasteiger partial charge in [0.25, 0.3) is 5.69 Å². The zero-order valence-electron chi connectivity index (χ0n) is 17.7. The van der Waals surface area contributed by atoms with Crippen molar-refractivity contribution >= 4 is 29.0 Å². The van der Waals surface area contributed by atoms with Crippen molar-refractivity contribution in [2.24, 2.45) is 5.92 Å². The number of nitrogens with one attached hydrogen (secondary N) is 2. The number of carbonyl (C=O) groups excluding carboxylic acids is 2. The fraction of sp³-hybridized carbons (Fsp3) is 0.364. The molecule has 9 nitrogen and oxygen atoms in total. The second-order valence-electron chi connectivity index (χ2n) is 7.77. The van der Waals surface area contributed by atoms with E-state index in [0.717, 1.165) is 5.69 Å². The maximum Gasteiger partial charge on any atom is 0.319 e. The number of urea groups is 1. The van der Waals surface area contributed by atoms with Crippen molar-refractivity contribution in [3.63, 3.8) is 0 Å². The maximum absolute atomic E-state index is 13.1. The first-order valence-electron chi connectivity index (χ1n) is 10.3. The van der Waals surface area contributed by atoms with E-state index in [2.05, 4.69) is 15.5 Å². The summed E-state index contributed by atoms with van der Waals surface area (Å²) in [7, 11) is 0. The molecule has 2 aromatic carbocycles. The minimum atomic E-state index is -0.630. The topological polar surface area (TPSA) is 108 Å². The highest BCUT2D eigenvalue weighted by Gasteiger charge is 2.31. The van der Waals surface area contributed by atoms with Crippen molar-refractivity contribution in [3.8, 4) is 0 Å². The zero-order chi connectivity index (χ0) is 22.4. The molecule has 9 heteroatoms. The smallest absolute Gasteiger partial charge is 0.319 e. The van der Waals surface area contributed by atoms with Crippen LogP contribution in [-0.2, 0) is 4.79 Å². The molecule has 31 heavy (non-hydrogen) atoms. The Hall–Kier alpha value is -3.62. The van der Waals surface area contributed by atoms with Gasteiger partial charge in [0.2, 0.25) is 5.91 Å². The summed E-state index contributed by atoms with van der Waals surface area (Å²) in [5.74, 6) is -0.178. The third-order valence-corrected chi connectivity index (χ3v) is 5.27. The van der Waals surface area contributed by atoms with Gasteiger partial charge in [0.05, 0.1) is 4.92 Å². The number of nitro benzene ring substituents is 1. The Morgan fingerprint density at radius 3 is 2.13 bits per heavy atom. The molecule has 1 aliphatic heterocycles. The molecule has 1 heterocycles. The normalized spacial score (nSPS) is 14.8. The number of non-ortho nitro benzene ring substituents is 1. The number of rotatable bonds is 6. The van der Waals surface area contributed by atoms with Crippen molar-refractivity contribution in [2.75, 3.05) is 36.4 Å². The van der Waals surface area contributed by atoms with E-state index < -0.39 is 17.0 Å². The van der Waals surface area contributed by atoms with Crippen LogP contribution in [0.15, 0.2) is 54.6 Å². The molecule has 2 aromatic rings. The van der Waals surface area contributed by atoms with Crippen LogP contribution >= 0.6 is 0 Å². The predicted octanol–water partition coefficient (Wildman–Crippen LogP) is 3.09. The van der Waals surface area contributed by atoms with Gasteiger partial charge in [0.1, 0.15) is 6.04 Å². The van der Waals surface area contributed by atoms with Crippen LogP contribution in [0, 0.1) is 16.0 Å². The number of anilines is 2. The molecule has 1 aliphatic rings. The van der Waals surface area contributed by atoms with Crippen LogP contribution < -0.4 is 15.5 Å². The highest BCUT2D eigenvalue weighted by molar-refractivity contribution is 5.93. The second-order valence-corrected chi connectivity index (χ2v) is 7.77. The lowest BCUT2D eigenvalue weighted by Crippen LogP contribution is -2.57. The Morgan fingerprint density at radius 1 is 0.968 bits per heavy atom. The van der Waals surface area contributed by atoms with Gasteiger partial charge in [0.15, 0.2) is 0 Å². The van der Waals surface area contributed by atoms with Gasteiger partial charge in [-0.2, -0.15) is 0 Å². The van der Waals surface area contributed by atoms with Crippen molar-refractivity contribution in [3.05, 3.63) is 64.7 Å². The number of benzene rings is 2. The molecule has 0 spiro atoms. The van der Waals surface area contributed by atoms with Gasteiger partial charge in [-0.15, -0.1) is 0 Å². The van der Waals surface area contributed by atoms with Gasteiger partial charge in [-0.1, -0.05) is 32.0 Å². The Labute approximate surface area is 181 Å². The minimum absolute atomic E-state index is 0.0530. The summed E-state index contributed by atoms with van der Waals surface area (Å²) in [5.41, 5.74) is 1.60. The van der Waals surface area contributed by atoms with Crippen LogP contribution in [0.5, 0.6) is 0 Å². The van der Waals surface area contributed by atoms with Gasteiger partial charge in [-0.3, -0.25) is 14.9 Å². The first-order valence-corrected chi connectivity index (χ1v) is 10.3. The molecule has 0 unspecified atom stereocenters. The Bertz CT molecular complexity index is 909. The molecule has 164 valence electrons. The predicted molar refractivity (Wildman–Crippen MR) is 119 cm³/mol. The molecule has 1 saturated heterocycles. The van der Waals surface area contributed by atoms with Gasteiger partial charge in [0, 0.05) is 49.7 Å². The van der Waals surface area contributed by atoms with Crippen molar-refractivity contribution in [2.45, 2.75) is 19.9 Å². The lowest BCUT2D eigenvalue weighted by Gasteiger charge is -2.38. The molecule has 2 N–H and O–H groups in total. The van der Waals surface area contributed by atoms with E-state index in [1.165, 1.54) is 12.1 Å². The fourth-order valence-electron chi connectivity index (χ4n) is 3.51. The Morgan fingerprint density at radius 2 is 1.58 bits per heavy atom. The monoisotopic (exact) mass is 425 g/mol. The lowest BCUT2D eigenvalue weighted by atomic mass is 10.0. The molecular formula is C22H27N5O4. The van der Waals surface area contributed by atoms with Crippen LogP contribution in [0.1, 0.15) is 13.8 Å². The number of hydrogen-bond acceptors (Lipinski definition) is 5. The molecule has 0 bridgehead atoms. The Balaban J connectivity index is 1.56. The first kappa shape index (κ1) is 22.1. The second kappa shape index (κ2) is 9.92. The van der Waals surface area contributed by atoms with E-state index in [0.29, 0.717) is 31.9 Å². The number of para-hydroxylation sites is 1. The van der Waals surface area contributed by atoms with Gasteiger partial charge in [-0.05, 0) is 30.2 Å². The highest BCUT2D eigenvalue weighted by Crippen LogP contribution is 2.21. The summed E-state index contributed by atoms with van der Waals surface area (Å²) in [4.78, 5) is 39.7. The first-order chi connectivity index (χ1) is 14.8. The largest absolute Gasteiger partial charge is 0.368 e. The number of amides is 3. The number of nitrogens with zero attached hydrogens (tertiary/aromatic N) is 3. The van der Waals surface area contributed by atoms with Gasteiger partial charge in [-0.25, -0.2) is 4.79 Å². The van der Waals surface area contributed by atoms with Crippen LogP contribution in [0.2, 0.25) is 0 Å². The summed E-state index contributed by atoms with van der Waals surface area (Å²) in [6.45, 7) is 6.06. The van der Waals surface area contributed by atoms with E-state index in [4.69, 9.17) is 0 Å². The van der Waals surface area contributed by atoms with E-state index in [1.54, 1.807) is 29.2 Å². The number of carbonyl (C=O) groups is 2. The fourth-order valence-corrected chi connectivity index (χ4v) is 3.51. The van der Waals surface area contributed by atoms with E-state index in [9.17, 15) is 19.7 Å². The summed E-state index contributed by atoms with van der Waals surface area (Å²) in [6.07, 6.45) is 0. The van der Waals surface area contributed by atoms with Crippen molar-refractivity contribution < 1.29 is 14.5 Å². The van der Waals surface area contributed by atoms with Crippen LogP contribution in [-0.4, -0.2) is 54.0 Å². The summed E-state index contributed by atoms with van der Waals surface area (Å²) < 4.78 is 0. The number of nitro groups is 1. The maximum atomic E-state index is 13.1. The molecule has 3 rings (SSSR count). The van der Waals surface area contributed by atoms with Crippen LogP contribution in [0.25, 0.3) is 0 Å². The molecule has 0 aromatic heterocycles. The van der Waals surface area contributed by atoms with Crippen LogP contribution in [0.3, 0.4) is 0 Å². The van der Waals surface area contributed by atoms with Gasteiger partial charge < -0.3 is 20.4 Å². The molecule has 3 amide bonds.